The zero-order chi connectivity index (χ0) is 14.0. The fraction of sp³-hybridized carbons (Fsp3) is 0.727. The maximum Gasteiger partial charge on any atom is 0.184 e. The molecule has 1 aromatic rings. The van der Waals surface area contributed by atoms with Gasteiger partial charge in [-0.1, -0.05) is 13.8 Å². The van der Waals surface area contributed by atoms with Crippen molar-refractivity contribution in [3.8, 4) is 0 Å². The quantitative estimate of drug-likeness (QED) is 0.897. The van der Waals surface area contributed by atoms with Gasteiger partial charge in [0.2, 0.25) is 0 Å². The van der Waals surface area contributed by atoms with Gasteiger partial charge in [0.05, 0.1) is 18.5 Å². The monoisotopic (exact) mass is 305 g/mol. The molecule has 0 spiro atoms. The number of nitrogens with zero attached hydrogens (tertiary/aromatic N) is 2. The van der Waals surface area contributed by atoms with E-state index in [4.69, 9.17) is 10.5 Å². The van der Waals surface area contributed by atoms with E-state index in [-0.39, 0.29) is 22.6 Å². The Kier molecular flexibility index (Phi) is 4.32. The van der Waals surface area contributed by atoms with Gasteiger partial charge in [0, 0.05) is 13.1 Å². The van der Waals surface area contributed by atoms with Gasteiger partial charge in [-0.25, -0.2) is 8.42 Å². The number of nitrogen functional groups attached to an aromatic ring is 1. The summed E-state index contributed by atoms with van der Waals surface area (Å²) in [5, 5.41) is 0.654. The predicted octanol–water partition coefficient (Wildman–Crippen LogP) is 1.13. The average molecular weight is 305 g/mol. The van der Waals surface area contributed by atoms with Gasteiger partial charge in [0.15, 0.2) is 15.7 Å². The van der Waals surface area contributed by atoms with Gasteiger partial charge in [-0.3, -0.25) is 0 Å². The zero-order valence-electron chi connectivity index (χ0n) is 11.1. The first-order chi connectivity index (χ1) is 8.99. The second-order valence-electron chi connectivity index (χ2n) is 4.45. The van der Waals surface area contributed by atoms with Crippen LogP contribution >= 0.6 is 11.5 Å². The van der Waals surface area contributed by atoms with E-state index in [2.05, 4.69) is 11.3 Å². The van der Waals surface area contributed by atoms with Crippen LogP contribution in [0.2, 0.25) is 0 Å². The molecule has 0 saturated carbocycles. The Bertz CT molecular complexity index is 541. The number of sulfone groups is 1. The highest BCUT2D eigenvalue weighted by atomic mass is 32.2. The van der Waals surface area contributed by atoms with Gasteiger partial charge < -0.3 is 15.4 Å². The van der Waals surface area contributed by atoms with Crippen molar-refractivity contribution in [2.75, 3.05) is 36.1 Å². The van der Waals surface area contributed by atoms with E-state index < -0.39 is 9.84 Å². The minimum absolute atomic E-state index is 0.0319. The highest BCUT2D eigenvalue weighted by Crippen LogP contribution is 2.36. The second kappa shape index (κ2) is 5.64. The molecule has 6 nitrogen and oxygen atoms in total. The molecule has 0 amide bonds. The van der Waals surface area contributed by atoms with Crippen LogP contribution in [0.4, 0.5) is 10.8 Å². The minimum atomic E-state index is -3.35. The van der Waals surface area contributed by atoms with E-state index >= 15 is 0 Å². The fourth-order valence-corrected chi connectivity index (χ4v) is 4.42. The number of nitrogens with two attached hydrogens (primary N) is 1. The molecule has 19 heavy (non-hydrogen) atoms. The molecule has 0 radical (unpaired) electrons. The third kappa shape index (κ3) is 2.85. The molecular formula is C11H19N3O3S2. The van der Waals surface area contributed by atoms with Crippen LogP contribution in [0.15, 0.2) is 4.90 Å². The van der Waals surface area contributed by atoms with Crippen LogP contribution in [0.5, 0.6) is 0 Å². The summed E-state index contributed by atoms with van der Waals surface area (Å²) < 4.78 is 33.9. The molecule has 1 aromatic heterocycles. The fourth-order valence-electron chi connectivity index (χ4n) is 2.07. The molecule has 1 saturated heterocycles. The SMILES string of the molecule is CCC1CN(c2snc(N)c2S(=O)(=O)CC)CCO1. The van der Waals surface area contributed by atoms with Crippen molar-refractivity contribution in [3.63, 3.8) is 0 Å². The van der Waals surface area contributed by atoms with E-state index in [0.717, 1.165) is 18.0 Å². The number of hydrogen-bond acceptors (Lipinski definition) is 7. The number of anilines is 2. The van der Waals surface area contributed by atoms with Gasteiger partial charge >= 0.3 is 0 Å². The summed E-state index contributed by atoms with van der Waals surface area (Å²) in [6.45, 7) is 5.62. The summed E-state index contributed by atoms with van der Waals surface area (Å²) in [6.07, 6.45) is 1.04. The molecule has 0 aromatic carbocycles. The highest BCUT2D eigenvalue weighted by Gasteiger charge is 2.29. The third-order valence-corrected chi connectivity index (χ3v) is 6.07. The lowest BCUT2D eigenvalue weighted by molar-refractivity contribution is 0.0385. The molecule has 8 heteroatoms. The van der Waals surface area contributed by atoms with Crippen LogP contribution in [0.3, 0.4) is 0 Å². The summed E-state index contributed by atoms with van der Waals surface area (Å²) >= 11 is 1.15. The molecule has 0 bridgehead atoms. The maximum atomic E-state index is 12.1. The average Bonchev–Trinajstić information content (AvgIpc) is 2.81. The number of aromatic nitrogens is 1. The smallest absolute Gasteiger partial charge is 0.184 e. The van der Waals surface area contributed by atoms with Crippen molar-refractivity contribution in [2.24, 2.45) is 0 Å². The van der Waals surface area contributed by atoms with Crippen molar-refractivity contribution >= 4 is 32.2 Å². The summed E-state index contributed by atoms with van der Waals surface area (Å²) in [5.74, 6) is 0.144. The molecule has 1 aliphatic rings. The molecule has 2 N–H and O–H groups in total. The second-order valence-corrected chi connectivity index (χ2v) is 7.42. The molecule has 0 aliphatic carbocycles. The maximum absolute atomic E-state index is 12.1. The minimum Gasteiger partial charge on any atom is -0.382 e. The number of rotatable bonds is 4. The summed E-state index contributed by atoms with van der Waals surface area (Å²) in [4.78, 5) is 2.21. The van der Waals surface area contributed by atoms with Crippen LogP contribution in [-0.4, -0.2) is 44.3 Å². The third-order valence-electron chi connectivity index (χ3n) is 3.23. The lowest BCUT2D eigenvalue weighted by Crippen LogP contribution is -2.42. The highest BCUT2D eigenvalue weighted by molar-refractivity contribution is 7.91. The largest absolute Gasteiger partial charge is 0.382 e. The van der Waals surface area contributed by atoms with Crippen LogP contribution in [0.25, 0.3) is 0 Å². The number of ether oxygens (including phenoxy) is 1. The van der Waals surface area contributed by atoms with Gasteiger partial charge in [0.1, 0.15) is 9.90 Å². The first kappa shape index (κ1) is 14.5. The Balaban J connectivity index is 2.36. The van der Waals surface area contributed by atoms with Crippen molar-refractivity contribution in [1.82, 2.24) is 4.37 Å². The van der Waals surface area contributed by atoms with Crippen LogP contribution in [0.1, 0.15) is 20.3 Å². The van der Waals surface area contributed by atoms with Crippen LogP contribution in [-0.2, 0) is 14.6 Å². The summed E-state index contributed by atoms with van der Waals surface area (Å²) in [6, 6.07) is 0. The Labute approximate surface area is 117 Å². The van der Waals surface area contributed by atoms with Gasteiger partial charge in [-0.05, 0) is 18.0 Å². The van der Waals surface area contributed by atoms with Crippen molar-refractivity contribution in [1.29, 1.82) is 0 Å². The van der Waals surface area contributed by atoms with E-state index in [9.17, 15) is 8.42 Å². The standard InChI is InChI=1S/C11H19N3O3S2/c1-3-8-7-14(5-6-17-8)11-9(10(12)13-18-11)19(15,16)4-2/h8H,3-7H2,1-2H3,(H2,12,13). The van der Waals surface area contributed by atoms with Crippen molar-refractivity contribution < 1.29 is 13.2 Å². The van der Waals surface area contributed by atoms with E-state index in [1.165, 1.54) is 0 Å². The molecule has 1 fully saturated rings. The normalized spacial score (nSPS) is 20.7. The van der Waals surface area contributed by atoms with E-state index in [1.54, 1.807) is 6.92 Å². The first-order valence-electron chi connectivity index (χ1n) is 6.34. The molecular weight excluding hydrogens is 286 g/mol. The van der Waals surface area contributed by atoms with E-state index in [0.29, 0.717) is 24.7 Å². The molecule has 2 rings (SSSR count). The molecule has 1 unspecified atom stereocenters. The molecule has 1 atom stereocenters. The predicted molar refractivity (Wildman–Crippen MR) is 76.5 cm³/mol. The van der Waals surface area contributed by atoms with Crippen LogP contribution in [0, 0.1) is 0 Å². The Morgan fingerprint density at radius 1 is 1.53 bits per heavy atom. The topological polar surface area (TPSA) is 85.5 Å². The molecule has 2 heterocycles. The van der Waals surface area contributed by atoms with Gasteiger partial charge in [0.25, 0.3) is 0 Å². The molecule has 1 aliphatic heterocycles. The van der Waals surface area contributed by atoms with Crippen LogP contribution < -0.4 is 10.6 Å². The Morgan fingerprint density at radius 2 is 2.26 bits per heavy atom. The molecule has 108 valence electrons. The Hall–Kier alpha value is -0.860. The van der Waals surface area contributed by atoms with Gasteiger partial charge in [-0.15, -0.1) is 0 Å². The lowest BCUT2D eigenvalue weighted by Gasteiger charge is -2.33. The van der Waals surface area contributed by atoms with Crippen molar-refractivity contribution in [2.45, 2.75) is 31.3 Å². The Morgan fingerprint density at radius 3 is 2.89 bits per heavy atom. The number of hydrogen-bond donors (Lipinski definition) is 1. The zero-order valence-corrected chi connectivity index (χ0v) is 12.8. The van der Waals surface area contributed by atoms with Gasteiger partial charge in [-0.2, -0.15) is 4.37 Å². The summed E-state index contributed by atoms with van der Waals surface area (Å²) in [7, 11) is -3.35. The first-order valence-corrected chi connectivity index (χ1v) is 8.76. The summed E-state index contributed by atoms with van der Waals surface area (Å²) in [5.41, 5.74) is 5.74. The number of morpholine rings is 1. The van der Waals surface area contributed by atoms with Crippen molar-refractivity contribution in [3.05, 3.63) is 0 Å². The lowest BCUT2D eigenvalue weighted by atomic mass is 10.2. The van der Waals surface area contributed by atoms with E-state index in [1.807, 2.05) is 4.90 Å².